The number of amides is 1. The minimum atomic E-state index is -0.0711. The molecule has 5 nitrogen and oxygen atoms in total. The molecule has 0 saturated carbocycles. The van der Waals surface area contributed by atoms with Gasteiger partial charge in [0.1, 0.15) is 0 Å². The lowest BCUT2D eigenvalue weighted by Crippen LogP contribution is -2.27. The van der Waals surface area contributed by atoms with Crippen LogP contribution in [-0.2, 0) is 11.2 Å². The molecule has 0 saturated heterocycles. The second-order valence-corrected chi connectivity index (χ2v) is 6.26. The summed E-state index contributed by atoms with van der Waals surface area (Å²) in [7, 11) is 0. The Hall–Kier alpha value is -1.85. The Bertz CT molecular complexity index is 631. The fourth-order valence-corrected chi connectivity index (χ4v) is 2.86. The quantitative estimate of drug-likeness (QED) is 0.638. The van der Waals surface area contributed by atoms with Crippen LogP contribution in [0.15, 0.2) is 42.7 Å². The van der Waals surface area contributed by atoms with Crippen LogP contribution in [0.3, 0.4) is 0 Å². The molecule has 0 bridgehead atoms. The molecule has 0 aliphatic heterocycles. The van der Waals surface area contributed by atoms with Crippen molar-refractivity contribution in [1.82, 2.24) is 9.97 Å². The largest absolute Gasteiger partial charge is 0.369 e. The van der Waals surface area contributed by atoms with Gasteiger partial charge in [-0.25, -0.2) is 9.97 Å². The Morgan fingerprint density at radius 3 is 2.28 bits per heavy atom. The van der Waals surface area contributed by atoms with Crippen LogP contribution in [0.2, 0.25) is 0 Å². The molecule has 1 aromatic heterocycles. The van der Waals surface area contributed by atoms with Gasteiger partial charge in [-0.15, -0.1) is 23.2 Å². The Morgan fingerprint density at radius 1 is 1.04 bits per heavy atom. The standard InChI is InChI=1S/C18H22Cl2N4O/c19-9-13-24(14-10-20)16-7-5-15(6-8-16)3-1-4-17(25)23-18-21-11-2-12-22-18/h2,5-8,11-12H,1,3-4,9-10,13-14H2,(H,21,22,23,25). The average Bonchev–Trinajstić information content (AvgIpc) is 2.63. The highest BCUT2D eigenvalue weighted by atomic mass is 35.5. The number of nitrogens with one attached hydrogen (secondary N) is 1. The van der Waals surface area contributed by atoms with Gasteiger partial charge >= 0.3 is 0 Å². The molecule has 0 aliphatic rings. The molecule has 1 amide bonds. The summed E-state index contributed by atoms with van der Waals surface area (Å²) in [5.41, 5.74) is 2.31. The molecule has 0 spiro atoms. The lowest BCUT2D eigenvalue weighted by molar-refractivity contribution is -0.116. The van der Waals surface area contributed by atoms with E-state index < -0.39 is 0 Å². The van der Waals surface area contributed by atoms with Crippen molar-refractivity contribution >= 4 is 40.7 Å². The van der Waals surface area contributed by atoms with E-state index in [1.54, 1.807) is 18.5 Å². The van der Waals surface area contributed by atoms with Crippen molar-refractivity contribution in [1.29, 1.82) is 0 Å². The van der Waals surface area contributed by atoms with Gasteiger partial charge in [-0.1, -0.05) is 12.1 Å². The van der Waals surface area contributed by atoms with E-state index in [1.165, 1.54) is 5.56 Å². The topological polar surface area (TPSA) is 58.1 Å². The van der Waals surface area contributed by atoms with Gasteiger partial charge in [0, 0.05) is 49.4 Å². The molecule has 134 valence electrons. The summed E-state index contributed by atoms with van der Waals surface area (Å²) in [5, 5.41) is 2.69. The maximum Gasteiger partial charge on any atom is 0.229 e. The Morgan fingerprint density at radius 2 is 1.68 bits per heavy atom. The van der Waals surface area contributed by atoms with Crippen LogP contribution in [-0.4, -0.2) is 40.7 Å². The van der Waals surface area contributed by atoms with Crippen LogP contribution in [0.25, 0.3) is 0 Å². The molecular formula is C18H22Cl2N4O. The van der Waals surface area contributed by atoms with E-state index in [4.69, 9.17) is 23.2 Å². The summed E-state index contributed by atoms with van der Waals surface area (Å²) in [6.07, 6.45) is 5.24. The Kier molecular flexibility index (Phi) is 8.49. The molecule has 0 fully saturated rings. The van der Waals surface area contributed by atoms with E-state index in [1.807, 2.05) is 0 Å². The van der Waals surface area contributed by atoms with Crippen molar-refractivity contribution in [3.8, 4) is 0 Å². The molecule has 7 heteroatoms. The number of carbonyl (C=O) groups excluding carboxylic acids is 1. The molecule has 1 aromatic carbocycles. The first-order valence-corrected chi connectivity index (χ1v) is 9.32. The number of nitrogens with zero attached hydrogens (tertiary/aromatic N) is 3. The SMILES string of the molecule is O=C(CCCc1ccc(N(CCCl)CCCl)cc1)Nc1ncccn1. The third-order valence-corrected chi connectivity index (χ3v) is 4.03. The summed E-state index contributed by atoms with van der Waals surface area (Å²) in [5.74, 6) is 1.41. The molecule has 0 radical (unpaired) electrons. The highest BCUT2D eigenvalue weighted by Gasteiger charge is 2.06. The predicted octanol–water partition coefficient (Wildman–Crippen LogP) is 3.72. The van der Waals surface area contributed by atoms with Gasteiger partial charge < -0.3 is 4.90 Å². The van der Waals surface area contributed by atoms with Gasteiger partial charge in [0.15, 0.2) is 0 Å². The second-order valence-electron chi connectivity index (χ2n) is 5.51. The van der Waals surface area contributed by atoms with Gasteiger partial charge in [0.05, 0.1) is 0 Å². The number of benzene rings is 1. The number of anilines is 2. The average molecular weight is 381 g/mol. The predicted molar refractivity (Wildman–Crippen MR) is 104 cm³/mol. The van der Waals surface area contributed by atoms with Gasteiger partial charge in [-0.3, -0.25) is 10.1 Å². The van der Waals surface area contributed by atoms with Crippen molar-refractivity contribution in [3.63, 3.8) is 0 Å². The smallest absolute Gasteiger partial charge is 0.229 e. The summed E-state index contributed by atoms with van der Waals surface area (Å²) in [4.78, 5) is 22.0. The van der Waals surface area contributed by atoms with Crippen LogP contribution in [0.5, 0.6) is 0 Å². The monoisotopic (exact) mass is 380 g/mol. The van der Waals surface area contributed by atoms with E-state index in [0.29, 0.717) is 24.1 Å². The Balaban J connectivity index is 1.78. The van der Waals surface area contributed by atoms with Crippen LogP contribution < -0.4 is 10.2 Å². The summed E-state index contributed by atoms with van der Waals surface area (Å²) in [6.45, 7) is 1.55. The number of hydrogen-bond acceptors (Lipinski definition) is 4. The first kappa shape index (κ1) is 19.5. The number of alkyl halides is 2. The van der Waals surface area contributed by atoms with Crippen LogP contribution >= 0.6 is 23.2 Å². The van der Waals surface area contributed by atoms with Crippen molar-refractivity contribution in [2.24, 2.45) is 0 Å². The lowest BCUT2D eigenvalue weighted by atomic mass is 10.1. The zero-order valence-corrected chi connectivity index (χ0v) is 15.5. The van der Waals surface area contributed by atoms with Crippen LogP contribution in [0.1, 0.15) is 18.4 Å². The van der Waals surface area contributed by atoms with Crippen molar-refractivity contribution in [2.75, 3.05) is 35.1 Å². The zero-order valence-electron chi connectivity index (χ0n) is 14.0. The maximum absolute atomic E-state index is 11.9. The highest BCUT2D eigenvalue weighted by Crippen LogP contribution is 2.17. The van der Waals surface area contributed by atoms with E-state index in [0.717, 1.165) is 31.6 Å². The number of aryl methyl sites for hydroxylation is 1. The van der Waals surface area contributed by atoms with Gasteiger partial charge in [0.2, 0.25) is 11.9 Å². The molecule has 1 heterocycles. The summed E-state index contributed by atoms with van der Waals surface area (Å²) in [6, 6.07) is 10.0. The number of aromatic nitrogens is 2. The molecule has 0 aliphatic carbocycles. The second kappa shape index (κ2) is 10.9. The number of halogens is 2. The molecule has 2 rings (SSSR count). The van der Waals surface area contributed by atoms with Gasteiger partial charge in [-0.2, -0.15) is 0 Å². The number of rotatable bonds is 10. The Labute approximate surface area is 158 Å². The van der Waals surface area contributed by atoms with E-state index in [-0.39, 0.29) is 5.91 Å². The van der Waals surface area contributed by atoms with E-state index in [9.17, 15) is 4.79 Å². The minimum Gasteiger partial charge on any atom is -0.369 e. The lowest BCUT2D eigenvalue weighted by Gasteiger charge is -2.23. The fraction of sp³-hybridized carbons (Fsp3) is 0.389. The molecule has 0 unspecified atom stereocenters. The third-order valence-electron chi connectivity index (χ3n) is 3.70. The van der Waals surface area contributed by atoms with Crippen molar-refractivity contribution in [3.05, 3.63) is 48.3 Å². The first-order chi connectivity index (χ1) is 12.2. The van der Waals surface area contributed by atoms with Crippen LogP contribution in [0.4, 0.5) is 11.6 Å². The summed E-state index contributed by atoms with van der Waals surface area (Å²) >= 11 is 11.7. The number of hydrogen-bond donors (Lipinski definition) is 1. The summed E-state index contributed by atoms with van der Waals surface area (Å²) < 4.78 is 0. The zero-order chi connectivity index (χ0) is 17.9. The van der Waals surface area contributed by atoms with Crippen LogP contribution in [0, 0.1) is 0 Å². The third kappa shape index (κ3) is 6.88. The van der Waals surface area contributed by atoms with Crippen molar-refractivity contribution in [2.45, 2.75) is 19.3 Å². The minimum absolute atomic E-state index is 0.0711. The number of carbonyl (C=O) groups is 1. The fourth-order valence-electron chi connectivity index (χ4n) is 2.45. The molecular weight excluding hydrogens is 359 g/mol. The van der Waals surface area contributed by atoms with Gasteiger partial charge in [0.25, 0.3) is 0 Å². The van der Waals surface area contributed by atoms with Gasteiger partial charge in [-0.05, 0) is 36.6 Å². The molecule has 0 atom stereocenters. The molecule has 2 aromatic rings. The van der Waals surface area contributed by atoms with E-state index in [2.05, 4.69) is 44.5 Å². The first-order valence-electron chi connectivity index (χ1n) is 8.25. The highest BCUT2D eigenvalue weighted by molar-refractivity contribution is 6.18. The normalized spacial score (nSPS) is 10.5. The molecule has 1 N–H and O–H groups in total. The van der Waals surface area contributed by atoms with Crippen molar-refractivity contribution < 1.29 is 4.79 Å². The maximum atomic E-state index is 11.9. The molecule has 25 heavy (non-hydrogen) atoms. The van der Waals surface area contributed by atoms with E-state index >= 15 is 0 Å².